The van der Waals surface area contributed by atoms with E-state index in [1.54, 1.807) is 0 Å². The van der Waals surface area contributed by atoms with Crippen LogP contribution in [0.2, 0.25) is 15.1 Å². The van der Waals surface area contributed by atoms with Crippen LogP contribution in [0.15, 0.2) is 35.5 Å². The molecule has 3 rings (SSSR count). The second-order valence-electron chi connectivity index (χ2n) is 7.37. The molecule has 5 nitrogen and oxygen atoms in total. The smallest absolute Gasteiger partial charge is 0.374 e. The van der Waals surface area contributed by atoms with Gasteiger partial charge in [0.05, 0.1) is 32.9 Å². The van der Waals surface area contributed by atoms with Crippen molar-refractivity contribution in [2.45, 2.75) is 37.2 Å². The van der Waals surface area contributed by atoms with Gasteiger partial charge in [0, 0.05) is 24.0 Å². The number of benzene rings is 2. The number of hydrazine groups is 1. The number of nitrogens with one attached hydrogen (secondary N) is 2. The van der Waals surface area contributed by atoms with E-state index >= 15 is 0 Å². The molecule has 35 heavy (non-hydrogen) atoms. The van der Waals surface area contributed by atoms with Crippen LogP contribution in [0.5, 0.6) is 0 Å². The van der Waals surface area contributed by atoms with E-state index in [0.717, 1.165) is 12.1 Å². The number of amides is 1. The van der Waals surface area contributed by atoms with Gasteiger partial charge < -0.3 is 4.84 Å². The molecule has 0 radical (unpaired) electrons. The van der Waals surface area contributed by atoms with Gasteiger partial charge in [0.2, 0.25) is 5.91 Å². The molecule has 2 N–H and O–H groups in total. The molecule has 2 aromatic carbocycles. The van der Waals surface area contributed by atoms with E-state index < -0.39 is 64.5 Å². The lowest BCUT2D eigenvalue weighted by atomic mass is 9.86. The molecule has 190 valence electrons. The zero-order valence-corrected chi connectivity index (χ0v) is 19.3. The Hall–Kier alpha value is -2.44. The number of alkyl halides is 6. The molecule has 0 saturated carbocycles. The number of oxime groups is 1. The number of rotatable bonds is 6. The highest BCUT2D eigenvalue weighted by atomic mass is 35.5. The van der Waals surface area contributed by atoms with Crippen LogP contribution in [0.3, 0.4) is 0 Å². The molecule has 0 unspecified atom stereocenters. The fourth-order valence-corrected chi connectivity index (χ4v) is 3.75. The molecule has 1 aliphatic rings. The molecule has 1 heterocycles. The van der Waals surface area contributed by atoms with Crippen LogP contribution < -0.4 is 10.9 Å². The number of hydrogen-bond acceptors (Lipinski definition) is 4. The van der Waals surface area contributed by atoms with E-state index in [4.69, 9.17) is 39.6 Å². The minimum Gasteiger partial charge on any atom is -0.374 e. The van der Waals surface area contributed by atoms with E-state index in [-0.39, 0.29) is 22.0 Å². The summed E-state index contributed by atoms with van der Waals surface area (Å²) in [5, 5.41) is 2.25. The summed E-state index contributed by atoms with van der Waals surface area (Å²) < 4.78 is 92.9. The summed E-state index contributed by atoms with van der Waals surface area (Å²) in [4.78, 5) is 16.4. The van der Waals surface area contributed by atoms with Crippen LogP contribution in [0, 0.1) is 5.82 Å². The minimum absolute atomic E-state index is 0.00331. The Morgan fingerprint density at radius 3 is 2.23 bits per heavy atom. The molecule has 0 aromatic heterocycles. The van der Waals surface area contributed by atoms with Crippen molar-refractivity contribution in [2.24, 2.45) is 5.16 Å². The molecular weight excluding hydrogens is 554 g/mol. The second-order valence-corrected chi connectivity index (χ2v) is 8.59. The summed E-state index contributed by atoms with van der Waals surface area (Å²) in [5.41, 5.74) is 0.617. The highest BCUT2D eigenvalue weighted by Crippen LogP contribution is 2.50. The van der Waals surface area contributed by atoms with E-state index in [2.05, 4.69) is 10.6 Å². The van der Waals surface area contributed by atoms with Gasteiger partial charge in [-0.1, -0.05) is 46.0 Å². The standard InChI is InChI=1S/C20H13Cl3F7N3O2/c21-11-2-1-9(5-14(11)31-32-16(34)3-4-19(25,26)27)15-8-18(35-33-15,20(28,29)30)10-6-12(22)17(24)13(23)7-10/h1-2,5-7,31H,3-4,8H2,(H,32,34)/t18-/m0/s1. The van der Waals surface area contributed by atoms with E-state index in [1.165, 1.54) is 18.2 Å². The lowest BCUT2D eigenvalue weighted by Gasteiger charge is -2.29. The number of anilines is 1. The van der Waals surface area contributed by atoms with E-state index in [9.17, 15) is 35.5 Å². The molecule has 1 atom stereocenters. The number of halogens is 10. The van der Waals surface area contributed by atoms with Crippen LogP contribution in [0.1, 0.15) is 30.4 Å². The molecule has 0 bridgehead atoms. The highest BCUT2D eigenvalue weighted by Gasteiger charge is 2.62. The maximum absolute atomic E-state index is 14.1. The summed E-state index contributed by atoms with van der Waals surface area (Å²) >= 11 is 17.3. The van der Waals surface area contributed by atoms with Gasteiger partial charge in [-0.3, -0.25) is 15.6 Å². The SMILES string of the molecule is O=C(CCC(F)(F)F)NNc1cc(C2=NO[C@@](c3cc(Cl)c(F)c(Cl)c3)(C(F)(F)F)C2)ccc1Cl. The summed E-state index contributed by atoms with van der Waals surface area (Å²) in [5.74, 6) is -2.09. The molecular formula is C20H13Cl3F7N3O2. The molecule has 1 amide bonds. The molecule has 1 aliphatic heterocycles. The molecule has 15 heteroatoms. The van der Waals surface area contributed by atoms with Crippen molar-refractivity contribution >= 4 is 52.1 Å². The third kappa shape index (κ3) is 6.04. The van der Waals surface area contributed by atoms with E-state index in [1.807, 2.05) is 5.43 Å². The zero-order chi connectivity index (χ0) is 26.2. The van der Waals surface area contributed by atoms with Crippen LogP contribution >= 0.6 is 34.8 Å². The first kappa shape index (κ1) is 27.2. The van der Waals surface area contributed by atoms with Crippen LogP contribution in [0.4, 0.5) is 36.4 Å². The summed E-state index contributed by atoms with van der Waals surface area (Å²) in [7, 11) is 0. The maximum atomic E-state index is 14.1. The van der Waals surface area contributed by atoms with Gasteiger partial charge in [-0.2, -0.15) is 26.3 Å². The summed E-state index contributed by atoms with van der Waals surface area (Å²) in [6.07, 6.45) is -12.6. The largest absolute Gasteiger partial charge is 0.435 e. The van der Waals surface area contributed by atoms with Crippen LogP contribution in [-0.2, 0) is 15.2 Å². The van der Waals surface area contributed by atoms with Crippen molar-refractivity contribution in [3.8, 4) is 0 Å². The van der Waals surface area contributed by atoms with Crippen molar-refractivity contribution in [3.63, 3.8) is 0 Å². The topological polar surface area (TPSA) is 62.7 Å². The molecule has 0 fully saturated rings. The van der Waals surface area contributed by atoms with Gasteiger partial charge in [-0.25, -0.2) is 4.39 Å². The van der Waals surface area contributed by atoms with Crippen LogP contribution in [-0.4, -0.2) is 24.0 Å². The first-order valence-electron chi connectivity index (χ1n) is 9.51. The normalized spacial score (nSPS) is 18.2. The first-order chi connectivity index (χ1) is 16.1. The van der Waals surface area contributed by atoms with Gasteiger partial charge in [-0.05, 0) is 24.3 Å². The minimum atomic E-state index is -5.03. The van der Waals surface area contributed by atoms with Gasteiger partial charge in [-0.15, -0.1) is 0 Å². The Morgan fingerprint density at radius 2 is 1.66 bits per heavy atom. The average molecular weight is 567 g/mol. The zero-order valence-electron chi connectivity index (χ0n) is 17.1. The number of carbonyl (C=O) groups excluding carboxylic acids is 1. The Morgan fingerprint density at radius 1 is 1.03 bits per heavy atom. The predicted molar refractivity (Wildman–Crippen MR) is 115 cm³/mol. The number of carbonyl (C=O) groups is 1. The fraction of sp³-hybridized carbons (Fsp3) is 0.300. The highest BCUT2D eigenvalue weighted by molar-refractivity contribution is 6.35. The van der Waals surface area contributed by atoms with Crippen molar-refractivity contribution in [1.82, 2.24) is 5.43 Å². The van der Waals surface area contributed by atoms with Crippen molar-refractivity contribution in [3.05, 3.63) is 62.3 Å². The summed E-state index contributed by atoms with van der Waals surface area (Å²) in [6.45, 7) is 0. The van der Waals surface area contributed by atoms with Gasteiger partial charge in [0.1, 0.15) is 0 Å². The first-order valence-corrected chi connectivity index (χ1v) is 10.6. The Balaban J connectivity index is 1.83. The van der Waals surface area contributed by atoms with Crippen molar-refractivity contribution in [1.29, 1.82) is 0 Å². The van der Waals surface area contributed by atoms with Crippen molar-refractivity contribution < 1.29 is 40.4 Å². The fourth-order valence-electron chi connectivity index (χ4n) is 3.10. The van der Waals surface area contributed by atoms with E-state index in [0.29, 0.717) is 0 Å². The lowest BCUT2D eigenvalue weighted by Crippen LogP contribution is -2.42. The Kier molecular flexibility index (Phi) is 7.68. The monoisotopic (exact) mass is 565 g/mol. The summed E-state index contributed by atoms with van der Waals surface area (Å²) in [6, 6.07) is 5.27. The van der Waals surface area contributed by atoms with Crippen molar-refractivity contribution in [2.75, 3.05) is 5.43 Å². The van der Waals surface area contributed by atoms with Gasteiger partial charge >= 0.3 is 12.4 Å². The van der Waals surface area contributed by atoms with Crippen LogP contribution in [0.25, 0.3) is 0 Å². The Bertz CT molecular complexity index is 1150. The maximum Gasteiger partial charge on any atom is 0.435 e. The predicted octanol–water partition coefficient (Wildman–Crippen LogP) is 7.15. The van der Waals surface area contributed by atoms with Gasteiger partial charge in [0.15, 0.2) is 5.82 Å². The Labute approximate surface area is 208 Å². The molecule has 2 aromatic rings. The van der Waals surface area contributed by atoms with Gasteiger partial charge in [0.25, 0.3) is 5.60 Å². The average Bonchev–Trinajstić information content (AvgIpc) is 3.21. The third-order valence-electron chi connectivity index (χ3n) is 4.91. The molecule has 0 saturated heterocycles. The quantitative estimate of drug-likeness (QED) is 0.222. The third-order valence-corrected chi connectivity index (χ3v) is 5.79. The second kappa shape index (κ2) is 9.90. The molecule has 0 spiro atoms. The number of nitrogens with zero attached hydrogens (tertiary/aromatic N) is 1. The molecule has 0 aliphatic carbocycles. The lowest BCUT2D eigenvalue weighted by molar-refractivity contribution is -0.275. The number of hydrogen-bond donors (Lipinski definition) is 2.